The zero-order chi connectivity index (χ0) is 15.6. The second-order valence-corrected chi connectivity index (χ2v) is 6.42. The smallest absolute Gasteiger partial charge is 0.309 e. The van der Waals surface area contributed by atoms with E-state index in [9.17, 15) is 9.59 Å². The predicted molar refractivity (Wildman–Crippen MR) is 77.7 cm³/mol. The first kappa shape index (κ1) is 15.6. The van der Waals surface area contributed by atoms with E-state index in [0.29, 0.717) is 18.9 Å². The number of nitrogens with zero attached hydrogens (tertiary/aromatic N) is 1. The molecule has 1 saturated carbocycles. The van der Waals surface area contributed by atoms with Crippen molar-refractivity contribution in [2.75, 3.05) is 13.2 Å². The fourth-order valence-electron chi connectivity index (χ4n) is 2.42. The predicted octanol–water partition coefficient (Wildman–Crippen LogP) is 2.72. The Hall–Kier alpha value is -1.78. The monoisotopic (exact) mass is 293 g/mol. The summed E-state index contributed by atoms with van der Waals surface area (Å²) in [5, 5.41) is 0. The third-order valence-electron chi connectivity index (χ3n) is 3.72. The fraction of sp³-hybridized carbons (Fsp3) is 0.625. The topological polar surface area (TPSA) is 59.8 Å². The molecule has 1 amide bonds. The summed E-state index contributed by atoms with van der Waals surface area (Å²) in [7, 11) is 0. The summed E-state index contributed by atoms with van der Waals surface area (Å²) >= 11 is 0. The van der Waals surface area contributed by atoms with Crippen molar-refractivity contribution in [3.05, 3.63) is 24.2 Å². The van der Waals surface area contributed by atoms with Gasteiger partial charge in [0.2, 0.25) is 0 Å². The molecule has 5 nitrogen and oxygen atoms in total. The molecular weight excluding hydrogens is 270 g/mol. The Bertz CT molecular complexity index is 501. The van der Waals surface area contributed by atoms with Gasteiger partial charge in [-0.25, -0.2) is 0 Å². The normalized spacial score (nSPS) is 21.0. The maximum atomic E-state index is 12.5. The van der Waals surface area contributed by atoms with E-state index in [2.05, 4.69) is 0 Å². The average molecular weight is 293 g/mol. The molecule has 0 saturated heterocycles. The summed E-state index contributed by atoms with van der Waals surface area (Å²) < 4.78 is 10.2. The van der Waals surface area contributed by atoms with E-state index >= 15 is 0 Å². The van der Waals surface area contributed by atoms with Crippen LogP contribution in [0.2, 0.25) is 0 Å². The number of amides is 1. The SMILES string of the molecule is CCOC(=O)[C@H]1C[C@H]1CN(C(=O)c1ccco1)C(C)(C)C. The molecule has 0 aliphatic heterocycles. The number of hydrogen-bond donors (Lipinski definition) is 0. The molecule has 0 aromatic carbocycles. The highest BCUT2D eigenvalue weighted by Crippen LogP contribution is 2.41. The van der Waals surface area contributed by atoms with Gasteiger partial charge in [0.1, 0.15) is 0 Å². The Morgan fingerprint density at radius 2 is 2.14 bits per heavy atom. The second-order valence-electron chi connectivity index (χ2n) is 6.42. The molecule has 0 N–H and O–H groups in total. The van der Waals surface area contributed by atoms with Gasteiger partial charge in [-0.3, -0.25) is 9.59 Å². The zero-order valence-corrected chi connectivity index (χ0v) is 13.1. The number of rotatable bonds is 5. The van der Waals surface area contributed by atoms with Gasteiger partial charge in [0.25, 0.3) is 5.91 Å². The standard InChI is InChI=1S/C16H23NO4/c1-5-20-15(19)12-9-11(12)10-17(16(2,3)4)14(18)13-7-6-8-21-13/h6-8,11-12H,5,9-10H2,1-4H3/t11-,12-/m0/s1. The maximum absolute atomic E-state index is 12.5. The maximum Gasteiger partial charge on any atom is 0.309 e. The molecular formula is C16H23NO4. The number of esters is 1. The zero-order valence-electron chi connectivity index (χ0n) is 13.1. The lowest BCUT2D eigenvalue weighted by Gasteiger charge is -2.35. The van der Waals surface area contributed by atoms with E-state index in [0.717, 1.165) is 6.42 Å². The number of carbonyl (C=O) groups excluding carboxylic acids is 2. The van der Waals surface area contributed by atoms with Crippen LogP contribution in [0.25, 0.3) is 0 Å². The molecule has 0 spiro atoms. The third-order valence-corrected chi connectivity index (χ3v) is 3.72. The van der Waals surface area contributed by atoms with Crippen LogP contribution in [0.4, 0.5) is 0 Å². The fourth-order valence-corrected chi connectivity index (χ4v) is 2.42. The van der Waals surface area contributed by atoms with Gasteiger partial charge in [-0.1, -0.05) is 0 Å². The lowest BCUT2D eigenvalue weighted by atomic mass is 10.0. The summed E-state index contributed by atoms with van der Waals surface area (Å²) in [6.07, 6.45) is 2.28. The minimum absolute atomic E-state index is 0.0702. The quantitative estimate of drug-likeness (QED) is 0.783. The van der Waals surface area contributed by atoms with Gasteiger partial charge in [0.05, 0.1) is 18.8 Å². The molecule has 1 aromatic heterocycles. The van der Waals surface area contributed by atoms with Crippen molar-refractivity contribution < 1.29 is 18.7 Å². The van der Waals surface area contributed by atoms with Crippen LogP contribution >= 0.6 is 0 Å². The van der Waals surface area contributed by atoms with Crippen molar-refractivity contribution in [2.24, 2.45) is 11.8 Å². The number of carbonyl (C=O) groups is 2. The van der Waals surface area contributed by atoms with Gasteiger partial charge in [-0.2, -0.15) is 0 Å². The van der Waals surface area contributed by atoms with Gasteiger partial charge in [0.15, 0.2) is 5.76 Å². The summed E-state index contributed by atoms with van der Waals surface area (Å²) in [5.41, 5.74) is -0.328. The highest BCUT2D eigenvalue weighted by molar-refractivity contribution is 5.92. The minimum Gasteiger partial charge on any atom is -0.466 e. The van der Waals surface area contributed by atoms with Crippen LogP contribution < -0.4 is 0 Å². The highest BCUT2D eigenvalue weighted by atomic mass is 16.5. The molecule has 2 atom stereocenters. The first-order valence-electron chi connectivity index (χ1n) is 7.36. The Balaban J connectivity index is 2.03. The number of hydrogen-bond acceptors (Lipinski definition) is 4. The Morgan fingerprint density at radius 3 is 2.67 bits per heavy atom. The molecule has 1 heterocycles. The molecule has 0 unspecified atom stereocenters. The van der Waals surface area contributed by atoms with Crippen molar-refractivity contribution in [3.8, 4) is 0 Å². The molecule has 1 aromatic rings. The molecule has 1 fully saturated rings. The first-order chi connectivity index (χ1) is 9.84. The summed E-state index contributed by atoms with van der Waals surface area (Å²) in [5.74, 6) is 0.156. The lowest BCUT2D eigenvalue weighted by Crippen LogP contribution is -2.46. The second kappa shape index (κ2) is 5.92. The van der Waals surface area contributed by atoms with E-state index in [1.165, 1.54) is 6.26 Å². The van der Waals surface area contributed by atoms with Crippen LogP contribution in [0.1, 0.15) is 44.7 Å². The van der Waals surface area contributed by atoms with Gasteiger partial charge >= 0.3 is 5.97 Å². The molecule has 21 heavy (non-hydrogen) atoms. The van der Waals surface area contributed by atoms with E-state index in [-0.39, 0.29) is 29.3 Å². The molecule has 2 rings (SSSR count). The van der Waals surface area contributed by atoms with Crippen molar-refractivity contribution >= 4 is 11.9 Å². The Labute approximate surface area is 125 Å². The van der Waals surface area contributed by atoms with Crippen LogP contribution in [0.3, 0.4) is 0 Å². The van der Waals surface area contributed by atoms with Crippen molar-refractivity contribution in [3.63, 3.8) is 0 Å². The van der Waals surface area contributed by atoms with Crippen LogP contribution in [0, 0.1) is 11.8 Å². The highest BCUT2D eigenvalue weighted by Gasteiger charge is 2.47. The Morgan fingerprint density at radius 1 is 1.43 bits per heavy atom. The van der Waals surface area contributed by atoms with Crippen LogP contribution in [-0.2, 0) is 9.53 Å². The summed E-state index contributed by atoms with van der Waals surface area (Å²) in [6.45, 7) is 8.70. The van der Waals surface area contributed by atoms with Gasteiger partial charge in [0, 0.05) is 12.1 Å². The molecule has 0 radical (unpaired) electrons. The number of furan rings is 1. The van der Waals surface area contributed by atoms with Gasteiger partial charge in [-0.05, 0) is 52.2 Å². The molecule has 1 aliphatic rings. The molecule has 5 heteroatoms. The lowest BCUT2D eigenvalue weighted by molar-refractivity contribution is -0.145. The first-order valence-corrected chi connectivity index (χ1v) is 7.36. The van der Waals surface area contributed by atoms with E-state index in [1.54, 1.807) is 24.0 Å². The molecule has 0 bridgehead atoms. The van der Waals surface area contributed by atoms with E-state index in [1.807, 2.05) is 20.8 Å². The average Bonchev–Trinajstić information content (AvgIpc) is 2.95. The summed E-state index contributed by atoms with van der Waals surface area (Å²) in [6, 6.07) is 3.36. The minimum atomic E-state index is -0.328. The van der Waals surface area contributed by atoms with Crippen LogP contribution in [0.15, 0.2) is 22.8 Å². The molecule has 116 valence electrons. The van der Waals surface area contributed by atoms with Crippen molar-refractivity contribution in [1.82, 2.24) is 4.90 Å². The van der Waals surface area contributed by atoms with Crippen LogP contribution in [0.5, 0.6) is 0 Å². The van der Waals surface area contributed by atoms with Crippen LogP contribution in [-0.4, -0.2) is 35.5 Å². The largest absolute Gasteiger partial charge is 0.466 e. The van der Waals surface area contributed by atoms with Crippen molar-refractivity contribution in [2.45, 2.75) is 39.7 Å². The van der Waals surface area contributed by atoms with Gasteiger partial charge < -0.3 is 14.1 Å². The van der Waals surface area contributed by atoms with E-state index in [4.69, 9.17) is 9.15 Å². The Kier molecular flexibility index (Phi) is 4.40. The van der Waals surface area contributed by atoms with Gasteiger partial charge in [-0.15, -0.1) is 0 Å². The van der Waals surface area contributed by atoms with E-state index < -0.39 is 0 Å². The third kappa shape index (κ3) is 3.65. The number of ether oxygens (including phenoxy) is 1. The van der Waals surface area contributed by atoms with Crippen molar-refractivity contribution in [1.29, 1.82) is 0 Å². The summed E-state index contributed by atoms with van der Waals surface area (Å²) in [4.78, 5) is 26.0. The molecule has 1 aliphatic carbocycles.